The molecule has 5 heteroatoms. The van der Waals surface area contributed by atoms with Gasteiger partial charge in [-0.15, -0.1) is 0 Å². The van der Waals surface area contributed by atoms with E-state index in [0.717, 1.165) is 19.5 Å². The maximum absolute atomic E-state index is 13.1. The van der Waals surface area contributed by atoms with Crippen LogP contribution in [0, 0.1) is 5.82 Å². The van der Waals surface area contributed by atoms with Gasteiger partial charge >= 0.3 is 0 Å². The largest absolute Gasteiger partial charge is 0.342 e. The van der Waals surface area contributed by atoms with E-state index < -0.39 is 5.82 Å². The fourth-order valence-corrected chi connectivity index (χ4v) is 2.40. The first kappa shape index (κ1) is 14.7. The van der Waals surface area contributed by atoms with Gasteiger partial charge in [0.2, 0.25) is 5.91 Å². The smallest absolute Gasteiger partial charge is 0.219 e. The average Bonchev–Trinajstić information content (AvgIpc) is 2.64. The molecule has 4 nitrogen and oxygen atoms in total. The third-order valence-electron chi connectivity index (χ3n) is 3.55. The number of carbonyl (C=O) groups excluding carboxylic acids is 2. The van der Waals surface area contributed by atoms with Gasteiger partial charge in [0.1, 0.15) is 5.82 Å². The van der Waals surface area contributed by atoms with Gasteiger partial charge in [-0.2, -0.15) is 0 Å². The number of halogens is 1. The van der Waals surface area contributed by atoms with Gasteiger partial charge in [0.05, 0.1) is 6.54 Å². The van der Waals surface area contributed by atoms with Crippen LogP contribution in [-0.2, 0) is 4.79 Å². The first-order valence-corrected chi connectivity index (χ1v) is 6.83. The predicted molar refractivity (Wildman–Crippen MR) is 74.0 cm³/mol. The van der Waals surface area contributed by atoms with Crippen molar-refractivity contribution in [1.82, 2.24) is 9.80 Å². The quantitative estimate of drug-likeness (QED) is 0.788. The lowest BCUT2D eigenvalue weighted by Gasteiger charge is -2.20. The Morgan fingerprint density at radius 2 is 2.00 bits per heavy atom. The van der Waals surface area contributed by atoms with E-state index in [2.05, 4.69) is 0 Å². The first-order valence-electron chi connectivity index (χ1n) is 6.83. The molecule has 1 aliphatic rings. The molecule has 1 heterocycles. The number of rotatable bonds is 3. The Kier molecular flexibility index (Phi) is 4.84. The van der Waals surface area contributed by atoms with Gasteiger partial charge in [-0.05, 0) is 18.6 Å². The Morgan fingerprint density at radius 1 is 1.20 bits per heavy atom. The number of hydrogen-bond donors (Lipinski definition) is 0. The lowest BCUT2D eigenvalue weighted by Crippen LogP contribution is -2.35. The van der Waals surface area contributed by atoms with Crippen LogP contribution in [0.2, 0.25) is 0 Å². The molecule has 1 aromatic rings. The number of carbonyl (C=O) groups is 2. The maximum Gasteiger partial charge on any atom is 0.219 e. The molecule has 0 atom stereocenters. The van der Waals surface area contributed by atoms with Gasteiger partial charge in [0.15, 0.2) is 5.78 Å². The zero-order valence-electron chi connectivity index (χ0n) is 11.6. The SMILES string of the molecule is CC(=O)N1CCCN(CC(=O)c2cccc(F)c2)CC1. The molecule has 0 aromatic heterocycles. The van der Waals surface area contributed by atoms with Crippen LogP contribution in [0.3, 0.4) is 0 Å². The van der Waals surface area contributed by atoms with Gasteiger partial charge in [-0.1, -0.05) is 12.1 Å². The van der Waals surface area contributed by atoms with Gasteiger partial charge < -0.3 is 4.90 Å². The normalized spacial score (nSPS) is 16.8. The van der Waals surface area contributed by atoms with Crippen LogP contribution in [0.1, 0.15) is 23.7 Å². The third-order valence-corrected chi connectivity index (χ3v) is 3.55. The van der Waals surface area contributed by atoms with Crippen LogP contribution >= 0.6 is 0 Å². The number of amides is 1. The lowest BCUT2D eigenvalue weighted by atomic mass is 10.1. The summed E-state index contributed by atoms with van der Waals surface area (Å²) in [5.41, 5.74) is 0.401. The zero-order valence-corrected chi connectivity index (χ0v) is 11.6. The average molecular weight is 278 g/mol. The van der Waals surface area contributed by atoms with E-state index in [1.807, 2.05) is 4.90 Å². The number of hydrogen-bond acceptors (Lipinski definition) is 3. The monoisotopic (exact) mass is 278 g/mol. The van der Waals surface area contributed by atoms with E-state index in [9.17, 15) is 14.0 Å². The molecule has 20 heavy (non-hydrogen) atoms. The summed E-state index contributed by atoms with van der Waals surface area (Å²) in [4.78, 5) is 27.3. The molecule has 1 aliphatic heterocycles. The van der Waals surface area contributed by atoms with Crippen molar-refractivity contribution in [3.63, 3.8) is 0 Å². The molecular weight excluding hydrogens is 259 g/mol. The van der Waals surface area contributed by atoms with Gasteiger partial charge in [-0.3, -0.25) is 14.5 Å². The highest BCUT2D eigenvalue weighted by molar-refractivity contribution is 5.97. The number of Topliss-reactive ketones (excluding diaryl/α,β-unsaturated/α-hetero) is 1. The van der Waals surface area contributed by atoms with Gasteiger partial charge in [-0.25, -0.2) is 4.39 Å². The molecule has 0 N–H and O–H groups in total. The molecule has 1 aromatic carbocycles. The second kappa shape index (κ2) is 6.61. The van der Waals surface area contributed by atoms with Crippen LogP contribution in [0.25, 0.3) is 0 Å². The van der Waals surface area contributed by atoms with Crippen molar-refractivity contribution in [2.24, 2.45) is 0 Å². The summed E-state index contributed by atoms with van der Waals surface area (Å²) in [5.74, 6) is -0.404. The van der Waals surface area contributed by atoms with E-state index in [0.29, 0.717) is 18.7 Å². The predicted octanol–water partition coefficient (Wildman–Crippen LogP) is 1.56. The lowest BCUT2D eigenvalue weighted by molar-refractivity contribution is -0.128. The summed E-state index contributed by atoms with van der Waals surface area (Å²) in [6.45, 7) is 4.68. The maximum atomic E-state index is 13.1. The molecule has 0 spiro atoms. The van der Waals surface area contributed by atoms with Crippen molar-refractivity contribution in [1.29, 1.82) is 0 Å². The van der Waals surface area contributed by atoms with Crippen molar-refractivity contribution in [3.05, 3.63) is 35.6 Å². The second-order valence-corrected chi connectivity index (χ2v) is 5.07. The number of nitrogens with zero attached hydrogens (tertiary/aromatic N) is 2. The van der Waals surface area contributed by atoms with Crippen molar-refractivity contribution in [2.75, 3.05) is 32.7 Å². The van der Waals surface area contributed by atoms with Crippen LogP contribution in [0.4, 0.5) is 4.39 Å². The van der Waals surface area contributed by atoms with E-state index in [-0.39, 0.29) is 18.2 Å². The summed E-state index contributed by atoms with van der Waals surface area (Å²) < 4.78 is 13.1. The molecule has 108 valence electrons. The first-order chi connectivity index (χ1) is 9.56. The highest BCUT2D eigenvalue weighted by atomic mass is 19.1. The molecule has 1 fully saturated rings. The summed E-state index contributed by atoms with van der Waals surface area (Å²) in [7, 11) is 0. The molecule has 0 aliphatic carbocycles. The summed E-state index contributed by atoms with van der Waals surface area (Å²) in [6, 6.07) is 5.77. The fourth-order valence-electron chi connectivity index (χ4n) is 2.40. The topological polar surface area (TPSA) is 40.6 Å². The zero-order chi connectivity index (χ0) is 14.5. The molecule has 1 saturated heterocycles. The van der Waals surface area contributed by atoms with E-state index in [4.69, 9.17) is 0 Å². The highest BCUT2D eigenvalue weighted by Crippen LogP contribution is 2.08. The summed E-state index contributed by atoms with van der Waals surface area (Å²) >= 11 is 0. The fraction of sp³-hybridized carbons (Fsp3) is 0.467. The molecule has 0 saturated carbocycles. The Hall–Kier alpha value is -1.75. The Labute approximate surface area is 118 Å². The van der Waals surface area contributed by atoms with Crippen LogP contribution in [0.15, 0.2) is 24.3 Å². The Bertz CT molecular complexity index is 504. The standard InChI is InChI=1S/C15H19FN2O2/c1-12(19)18-7-3-6-17(8-9-18)11-15(20)13-4-2-5-14(16)10-13/h2,4-5,10H,3,6-9,11H2,1H3. The molecular formula is C15H19FN2O2. The Morgan fingerprint density at radius 3 is 2.70 bits per heavy atom. The second-order valence-electron chi connectivity index (χ2n) is 5.07. The number of benzene rings is 1. The molecule has 0 bridgehead atoms. The molecule has 1 amide bonds. The minimum atomic E-state index is -0.394. The van der Waals surface area contributed by atoms with Gasteiger partial charge in [0.25, 0.3) is 0 Å². The van der Waals surface area contributed by atoms with Crippen LogP contribution in [0.5, 0.6) is 0 Å². The molecule has 2 rings (SSSR count). The molecule has 0 radical (unpaired) electrons. The summed E-state index contributed by atoms with van der Waals surface area (Å²) in [5, 5.41) is 0. The van der Waals surface area contributed by atoms with Gasteiger partial charge in [0, 0.05) is 38.7 Å². The number of ketones is 1. The minimum Gasteiger partial charge on any atom is -0.342 e. The van der Waals surface area contributed by atoms with Crippen molar-refractivity contribution < 1.29 is 14.0 Å². The highest BCUT2D eigenvalue weighted by Gasteiger charge is 2.19. The Balaban J connectivity index is 1.93. The van der Waals surface area contributed by atoms with Crippen LogP contribution in [-0.4, -0.2) is 54.2 Å². The minimum absolute atomic E-state index is 0.0725. The van der Waals surface area contributed by atoms with Crippen molar-refractivity contribution in [2.45, 2.75) is 13.3 Å². The van der Waals surface area contributed by atoms with Crippen molar-refractivity contribution >= 4 is 11.7 Å². The molecule has 0 unspecified atom stereocenters. The summed E-state index contributed by atoms with van der Waals surface area (Å²) in [6.07, 6.45) is 0.857. The van der Waals surface area contributed by atoms with E-state index in [1.54, 1.807) is 24.0 Å². The van der Waals surface area contributed by atoms with E-state index in [1.165, 1.54) is 12.1 Å². The third kappa shape index (κ3) is 3.87. The van der Waals surface area contributed by atoms with Crippen LogP contribution < -0.4 is 0 Å². The van der Waals surface area contributed by atoms with E-state index >= 15 is 0 Å². The van der Waals surface area contributed by atoms with Crippen molar-refractivity contribution in [3.8, 4) is 0 Å².